The summed E-state index contributed by atoms with van der Waals surface area (Å²) in [5.41, 5.74) is 2.09. The SMILES string of the molecule is Cc1cccc(C)c1OCC(=O)OCC(=O)Nc1cccc(S(C)(=O)=O)c1. The van der Waals surface area contributed by atoms with Gasteiger partial charge >= 0.3 is 5.97 Å². The normalized spacial score (nSPS) is 10.9. The van der Waals surface area contributed by atoms with Gasteiger partial charge in [-0.15, -0.1) is 0 Å². The van der Waals surface area contributed by atoms with E-state index in [1.54, 1.807) is 6.07 Å². The van der Waals surface area contributed by atoms with Gasteiger partial charge < -0.3 is 14.8 Å². The number of ether oxygens (including phenoxy) is 2. The second-order valence-electron chi connectivity index (χ2n) is 6.02. The summed E-state index contributed by atoms with van der Waals surface area (Å²) in [7, 11) is -3.38. The molecule has 0 aromatic heterocycles. The largest absolute Gasteiger partial charge is 0.481 e. The van der Waals surface area contributed by atoms with Crippen LogP contribution in [-0.4, -0.2) is 39.8 Å². The van der Waals surface area contributed by atoms with Crippen molar-refractivity contribution in [2.45, 2.75) is 18.7 Å². The zero-order valence-corrected chi connectivity index (χ0v) is 16.1. The second kappa shape index (κ2) is 8.68. The summed E-state index contributed by atoms with van der Waals surface area (Å²) in [5.74, 6) is -0.657. The number of carbonyl (C=O) groups is 2. The highest BCUT2D eigenvalue weighted by molar-refractivity contribution is 7.90. The lowest BCUT2D eigenvalue weighted by Crippen LogP contribution is -2.24. The fourth-order valence-corrected chi connectivity index (χ4v) is 3.01. The fourth-order valence-electron chi connectivity index (χ4n) is 2.35. The summed E-state index contributed by atoms with van der Waals surface area (Å²) in [6.07, 6.45) is 1.08. The predicted molar refractivity (Wildman–Crippen MR) is 101 cm³/mol. The first-order chi connectivity index (χ1) is 12.7. The molecular weight excluding hydrogens is 370 g/mol. The van der Waals surface area contributed by atoms with E-state index in [0.717, 1.165) is 17.4 Å². The fraction of sp³-hybridized carbons (Fsp3) is 0.263. The van der Waals surface area contributed by atoms with E-state index in [1.165, 1.54) is 18.2 Å². The maximum Gasteiger partial charge on any atom is 0.344 e. The number of hydrogen-bond donors (Lipinski definition) is 1. The van der Waals surface area contributed by atoms with E-state index in [2.05, 4.69) is 5.32 Å². The molecule has 0 fully saturated rings. The molecule has 0 spiro atoms. The van der Waals surface area contributed by atoms with Crippen LogP contribution in [0.15, 0.2) is 47.4 Å². The molecule has 27 heavy (non-hydrogen) atoms. The highest BCUT2D eigenvalue weighted by Gasteiger charge is 2.12. The smallest absolute Gasteiger partial charge is 0.344 e. The Labute approximate surface area is 158 Å². The van der Waals surface area contributed by atoms with Gasteiger partial charge in [-0.3, -0.25) is 4.79 Å². The summed E-state index contributed by atoms with van der Waals surface area (Å²) in [5, 5.41) is 2.48. The molecule has 0 aliphatic carbocycles. The number of aryl methyl sites for hydroxylation is 2. The average Bonchev–Trinajstić information content (AvgIpc) is 2.59. The monoisotopic (exact) mass is 391 g/mol. The van der Waals surface area contributed by atoms with E-state index >= 15 is 0 Å². The number of hydrogen-bond acceptors (Lipinski definition) is 6. The standard InChI is InChI=1S/C19H21NO6S/c1-13-6-4-7-14(2)19(13)26-12-18(22)25-11-17(21)20-15-8-5-9-16(10-15)27(3,23)24/h4-10H,11-12H2,1-3H3,(H,20,21). The van der Waals surface area contributed by atoms with Crippen LogP contribution in [0, 0.1) is 13.8 Å². The third-order valence-electron chi connectivity index (χ3n) is 3.65. The number of sulfone groups is 1. The van der Waals surface area contributed by atoms with Gasteiger partial charge in [0.25, 0.3) is 5.91 Å². The highest BCUT2D eigenvalue weighted by Crippen LogP contribution is 2.22. The molecule has 1 N–H and O–H groups in total. The number of anilines is 1. The molecule has 144 valence electrons. The van der Waals surface area contributed by atoms with Crippen molar-refractivity contribution in [3.8, 4) is 5.75 Å². The van der Waals surface area contributed by atoms with Crippen LogP contribution in [0.1, 0.15) is 11.1 Å². The van der Waals surface area contributed by atoms with E-state index in [0.29, 0.717) is 11.4 Å². The summed E-state index contributed by atoms with van der Waals surface area (Å²) in [6, 6.07) is 11.4. The summed E-state index contributed by atoms with van der Waals surface area (Å²) >= 11 is 0. The number of para-hydroxylation sites is 1. The van der Waals surface area contributed by atoms with E-state index in [1.807, 2.05) is 32.0 Å². The molecule has 0 heterocycles. The van der Waals surface area contributed by atoms with Gasteiger partial charge in [0.1, 0.15) is 5.75 Å². The topological polar surface area (TPSA) is 98.8 Å². The second-order valence-corrected chi connectivity index (χ2v) is 8.03. The van der Waals surface area contributed by atoms with Gasteiger partial charge in [0.15, 0.2) is 23.1 Å². The van der Waals surface area contributed by atoms with E-state index in [9.17, 15) is 18.0 Å². The molecular formula is C19H21NO6S. The average molecular weight is 391 g/mol. The minimum atomic E-state index is -3.38. The number of carbonyl (C=O) groups excluding carboxylic acids is 2. The van der Waals surface area contributed by atoms with Crippen molar-refractivity contribution in [1.29, 1.82) is 0 Å². The Balaban J connectivity index is 1.84. The summed E-state index contributed by atoms with van der Waals surface area (Å²) in [6.45, 7) is 2.91. The molecule has 0 radical (unpaired) electrons. The predicted octanol–water partition coefficient (Wildman–Crippen LogP) is 2.27. The van der Waals surface area contributed by atoms with Gasteiger partial charge in [-0.05, 0) is 43.2 Å². The Morgan fingerprint density at radius 1 is 1.00 bits per heavy atom. The van der Waals surface area contributed by atoms with Gasteiger partial charge in [-0.25, -0.2) is 13.2 Å². The van der Waals surface area contributed by atoms with E-state index < -0.39 is 28.3 Å². The molecule has 0 bridgehead atoms. The van der Waals surface area contributed by atoms with Gasteiger partial charge in [0.05, 0.1) is 4.90 Å². The molecule has 2 aromatic rings. The van der Waals surface area contributed by atoms with Gasteiger partial charge in [-0.1, -0.05) is 24.3 Å². The molecule has 1 amide bonds. The maximum atomic E-state index is 11.9. The quantitative estimate of drug-likeness (QED) is 0.727. The molecule has 0 unspecified atom stereocenters. The van der Waals surface area contributed by atoms with Crippen molar-refractivity contribution in [1.82, 2.24) is 0 Å². The van der Waals surface area contributed by atoms with E-state index in [-0.39, 0.29) is 11.5 Å². The van der Waals surface area contributed by atoms with Crippen LogP contribution >= 0.6 is 0 Å². The Morgan fingerprint density at radius 3 is 2.26 bits per heavy atom. The number of esters is 1. The van der Waals surface area contributed by atoms with Crippen molar-refractivity contribution in [2.24, 2.45) is 0 Å². The molecule has 0 saturated carbocycles. The zero-order valence-electron chi connectivity index (χ0n) is 15.3. The van der Waals surface area contributed by atoms with Crippen molar-refractivity contribution in [3.63, 3.8) is 0 Å². The molecule has 8 heteroatoms. The molecule has 2 aromatic carbocycles. The lowest BCUT2D eigenvalue weighted by molar-refractivity contribution is -0.149. The van der Waals surface area contributed by atoms with Crippen molar-refractivity contribution >= 4 is 27.4 Å². The zero-order chi connectivity index (χ0) is 20.0. The summed E-state index contributed by atoms with van der Waals surface area (Å²) in [4.78, 5) is 23.7. The van der Waals surface area contributed by atoms with Crippen molar-refractivity contribution in [3.05, 3.63) is 53.6 Å². The van der Waals surface area contributed by atoms with Crippen LogP contribution < -0.4 is 10.1 Å². The van der Waals surface area contributed by atoms with Crippen LogP contribution in [0.5, 0.6) is 5.75 Å². The van der Waals surface area contributed by atoms with Gasteiger partial charge in [0.2, 0.25) is 0 Å². The van der Waals surface area contributed by atoms with Crippen molar-refractivity contribution in [2.75, 3.05) is 24.8 Å². The van der Waals surface area contributed by atoms with Crippen LogP contribution in [0.4, 0.5) is 5.69 Å². The third kappa shape index (κ3) is 6.10. The Kier molecular flexibility index (Phi) is 6.57. The van der Waals surface area contributed by atoms with Crippen LogP contribution in [0.25, 0.3) is 0 Å². The van der Waals surface area contributed by atoms with Gasteiger partial charge in [0, 0.05) is 11.9 Å². The molecule has 0 saturated heterocycles. The Bertz CT molecular complexity index is 932. The van der Waals surface area contributed by atoms with Crippen LogP contribution in [0.3, 0.4) is 0 Å². The number of amides is 1. The molecule has 0 atom stereocenters. The maximum absolute atomic E-state index is 11.9. The summed E-state index contributed by atoms with van der Waals surface area (Å²) < 4.78 is 33.4. The first kappa shape index (κ1) is 20.4. The third-order valence-corrected chi connectivity index (χ3v) is 4.76. The minimum absolute atomic E-state index is 0.0827. The first-order valence-electron chi connectivity index (χ1n) is 8.11. The lowest BCUT2D eigenvalue weighted by Gasteiger charge is -2.11. The highest BCUT2D eigenvalue weighted by atomic mass is 32.2. The van der Waals surface area contributed by atoms with Crippen LogP contribution in [-0.2, 0) is 24.2 Å². The molecule has 0 aliphatic heterocycles. The number of benzene rings is 2. The molecule has 2 rings (SSSR count). The first-order valence-corrected chi connectivity index (χ1v) is 10.0. The number of nitrogens with one attached hydrogen (secondary N) is 1. The van der Waals surface area contributed by atoms with Crippen molar-refractivity contribution < 1.29 is 27.5 Å². The van der Waals surface area contributed by atoms with E-state index in [4.69, 9.17) is 9.47 Å². The van der Waals surface area contributed by atoms with Crippen LogP contribution in [0.2, 0.25) is 0 Å². The Morgan fingerprint density at radius 2 is 1.63 bits per heavy atom. The number of rotatable bonds is 7. The Hall–Kier alpha value is -2.87. The lowest BCUT2D eigenvalue weighted by atomic mass is 10.1. The van der Waals surface area contributed by atoms with Gasteiger partial charge in [-0.2, -0.15) is 0 Å². The molecule has 7 nitrogen and oxygen atoms in total. The minimum Gasteiger partial charge on any atom is -0.481 e. The molecule has 0 aliphatic rings.